The van der Waals surface area contributed by atoms with Gasteiger partial charge in [0, 0.05) is 5.02 Å². The number of ether oxygens (including phenoxy) is 1. The van der Waals surface area contributed by atoms with Crippen molar-refractivity contribution < 1.29 is 18.7 Å². The number of hydrogen-bond donors (Lipinski definition) is 1. The van der Waals surface area contributed by atoms with Crippen LogP contribution in [-0.2, 0) is 9.53 Å². The van der Waals surface area contributed by atoms with Gasteiger partial charge in [-0.2, -0.15) is 0 Å². The van der Waals surface area contributed by atoms with E-state index >= 15 is 0 Å². The molecule has 1 aromatic rings. The average molecular weight is 288 g/mol. The summed E-state index contributed by atoms with van der Waals surface area (Å²) >= 11 is 5.71. The minimum Gasteiger partial charge on any atom is -0.467 e. The first-order valence-electron chi connectivity index (χ1n) is 5.70. The molecule has 19 heavy (non-hydrogen) atoms. The number of carbonyl (C=O) groups is 2. The Morgan fingerprint density at radius 2 is 2.00 bits per heavy atom. The number of nitrogens with one attached hydrogen (secondary N) is 1. The molecule has 0 bridgehead atoms. The summed E-state index contributed by atoms with van der Waals surface area (Å²) < 4.78 is 18.1. The Morgan fingerprint density at radius 1 is 1.37 bits per heavy atom. The second kappa shape index (κ2) is 6.52. The summed E-state index contributed by atoms with van der Waals surface area (Å²) in [5.41, 5.74) is -0.206. The molecule has 1 rings (SSSR count). The van der Waals surface area contributed by atoms with Crippen LogP contribution in [0, 0.1) is 11.7 Å². The standard InChI is InChI=1S/C13H15ClFNO3/c1-7(2)11(13(18)19-3)16-12(17)9-6-8(14)4-5-10(9)15/h4-7,11H,1-3H3,(H,16,17). The minimum atomic E-state index is -0.837. The first-order chi connectivity index (χ1) is 8.86. The molecule has 4 nitrogen and oxygen atoms in total. The van der Waals surface area contributed by atoms with Crippen molar-refractivity contribution in [1.82, 2.24) is 5.32 Å². The van der Waals surface area contributed by atoms with Gasteiger partial charge in [-0.1, -0.05) is 25.4 Å². The molecule has 104 valence electrons. The van der Waals surface area contributed by atoms with Crippen molar-refractivity contribution in [1.29, 1.82) is 0 Å². The van der Waals surface area contributed by atoms with Crippen molar-refractivity contribution in [3.63, 3.8) is 0 Å². The highest BCUT2D eigenvalue weighted by Crippen LogP contribution is 2.15. The number of carbonyl (C=O) groups excluding carboxylic acids is 2. The van der Waals surface area contributed by atoms with Crippen LogP contribution >= 0.6 is 11.6 Å². The Hall–Kier alpha value is -1.62. The molecular formula is C13H15ClFNO3. The number of hydrogen-bond acceptors (Lipinski definition) is 3. The van der Waals surface area contributed by atoms with Crippen molar-refractivity contribution in [2.75, 3.05) is 7.11 Å². The van der Waals surface area contributed by atoms with E-state index in [0.29, 0.717) is 0 Å². The SMILES string of the molecule is COC(=O)C(NC(=O)c1cc(Cl)ccc1F)C(C)C. The van der Waals surface area contributed by atoms with E-state index in [1.165, 1.54) is 19.2 Å². The van der Waals surface area contributed by atoms with E-state index in [4.69, 9.17) is 11.6 Å². The molecule has 0 radical (unpaired) electrons. The Labute approximate surface area is 115 Å². The molecule has 0 fully saturated rings. The predicted octanol–water partition coefficient (Wildman–Crippen LogP) is 2.41. The summed E-state index contributed by atoms with van der Waals surface area (Å²) in [5, 5.41) is 2.68. The molecule has 1 atom stereocenters. The molecule has 6 heteroatoms. The molecule has 1 unspecified atom stereocenters. The van der Waals surface area contributed by atoms with Gasteiger partial charge in [-0.25, -0.2) is 9.18 Å². The van der Waals surface area contributed by atoms with E-state index in [9.17, 15) is 14.0 Å². The lowest BCUT2D eigenvalue weighted by atomic mass is 10.0. The monoisotopic (exact) mass is 287 g/mol. The van der Waals surface area contributed by atoms with E-state index in [-0.39, 0.29) is 16.5 Å². The third-order valence-electron chi connectivity index (χ3n) is 2.58. The maximum Gasteiger partial charge on any atom is 0.328 e. The number of benzene rings is 1. The maximum atomic E-state index is 13.5. The van der Waals surface area contributed by atoms with Crippen molar-refractivity contribution >= 4 is 23.5 Å². The maximum absolute atomic E-state index is 13.5. The average Bonchev–Trinajstić information content (AvgIpc) is 2.37. The van der Waals surface area contributed by atoms with E-state index < -0.39 is 23.7 Å². The smallest absolute Gasteiger partial charge is 0.328 e. The van der Waals surface area contributed by atoms with E-state index in [0.717, 1.165) is 6.07 Å². The summed E-state index contributed by atoms with van der Waals surface area (Å²) in [6.07, 6.45) is 0. The van der Waals surface area contributed by atoms with Gasteiger partial charge >= 0.3 is 5.97 Å². The van der Waals surface area contributed by atoms with Crippen molar-refractivity contribution in [3.8, 4) is 0 Å². The zero-order valence-electron chi connectivity index (χ0n) is 10.9. The van der Waals surface area contributed by atoms with Crippen LogP contribution in [0.15, 0.2) is 18.2 Å². The number of rotatable bonds is 4. The zero-order chi connectivity index (χ0) is 14.6. The third kappa shape index (κ3) is 3.92. The first kappa shape index (κ1) is 15.4. The fourth-order valence-corrected chi connectivity index (χ4v) is 1.69. The largest absolute Gasteiger partial charge is 0.467 e. The second-order valence-electron chi connectivity index (χ2n) is 4.34. The first-order valence-corrected chi connectivity index (χ1v) is 6.08. The van der Waals surface area contributed by atoms with E-state index in [2.05, 4.69) is 10.1 Å². The molecule has 0 saturated heterocycles. The summed E-state index contributed by atoms with van der Waals surface area (Å²) in [7, 11) is 1.23. The third-order valence-corrected chi connectivity index (χ3v) is 2.82. The van der Waals surface area contributed by atoms with Gasteiger partial charge in [-0.3, -0.25) is 4.79 Å². The Balaban J connectivity index is 2.94. The fraction of sp³-hybridized carbons (Fsp3) is 0.385. The molecule has 0 heterocycles. The van der Waals surface area contributed by atoms with E-state index in [1.54, 1.807) is 13.8 Å². The Bertz CT molecular complexity index is 491. The molecule has 0 aliphatic heterocycles. The normalized spacial score (nSPS) is 12.1. The highest BCUT2D eigenvalue weighted by Gasteiger charge is 2.26. The van der Waals surface area contributed by atoms with Gasteiger partial charge in [0.1, 0.15) is 11.9 Å². The molecule has 1 amide bonds. The molecule has 1 aromatic carbocycles. The molecule has 0 spiro atoms. The van der Waals surface area contributed by atoms with Crippen LogP contribution in [0.5, 0.6) is 0 Å². The molecule has 0 aliphatic rings. The van der Waals surface area contributed by atoms with Crippen LogP contribution in [-0.4, -0.2) is 25.0 Å². The predicted molar refractivity (Wildman–Crippen MR) is 69.5 cm³/mol. The van der Waals surface area contributed by atoms with Gasteiger partial charge in [0.2, 0.25) is 0 Å². The fourth-order valence-electron chi connectivity index (χ4n) is 1.52. The van der Waals surface area contributed by atoms with Gasteiger partial charge in [0.05, 0.1) is 12.7 Å². The van der Waals surface area contributed by atoms with Crippen LogP contribution < -0.4 is 5.32 Å². The Kier molecular flexibility index (Phi) is 5.30. The molecule has 0 aromatic heterocycles. The van der Waals surface area contributed by atoms with Crippen molar-refractivity contribution in [3.05, 3.63) is 34.6 Å². The lowest BCUT2D eigenvalue weighted by Gasteiger charge is -2.19. The summed E-state index contributed by atoms with van der Waals surface area (Å²) in [5.74, 6) is -2.16. The van der Waals surface area contributed by atoms with Gasteiger partial charge in [0.15, 0.2) is 0 Å². The lowest BCUT2D eigenvalue weighted by molar-refractivity contribution is -0.144. The number of halogens is 2. The van der Waals surface area contributed by atoms with Gasteiger partial charge in [-0.15, -0.1) is 0 Å². The van der Waals surface area contributed by atoms with E-state index in [1.807, 2.05) is 0 Å². The van der Waals surface area contributed by atoms with Gasteiger partial charge in [-0.05, 0) is 24.1 Å². The van der Waals surface area contributed by atoms with Crippen LogP contribution in [0.25, 0.3) is 0 Å². The van der Waals surface area contributed by atoms with Gasteiger partial charge in [0.25, 0.3) is 5.91 Å². The number of methoxy groups -OCH3 is 1. The molecular weight excluding hydrogens is 273 g/mol. The van der Waals surface area contributed by atoms with Crippen LogP contribution in [0.2, 0.25) is 5.02 Å². The number of amides is 1. The quantitative estimate of drug-likeness (QED) is 0.865. The molecule has 1 N–H and O–H groups in total. The minimum absolute atomic E-state index is 0.182. The topological polar surface area (TPSA) is 55.4 Å². The van der Waals surface area contributed by atoms with Crippen molar-refractivity contribution in [2.45, 2.75) is 19.9 Å². The molecule has 0 saturated carbocycles. The second-order valence-corrected chi connectivity index (χ2v) is 4.78. The highest BCUT2D eigenvalue weighted by molar-refractivity contribution is 6.31. The lowest BCUT2D eigenvalue weighted by Crippen LogP contribution is -2.45. The molecule has 0 aliphatic carbocycles. The van der Waals surface area contributed by atoms with Crippen LogP contribution in [0.1, 0.15) is 24.2 Å². The Morgan fingerprint density at radius 3 is 2.53 bits per heavy atom. The van der Waals surface area contributed by atoms with Crippen LogP contribution in [0.4, 0.5) is 4.39 Å². The number of esters is 1. The summed E-state index contributed by atoms with van der Waals surface area (Å²) in [4.78, 5) is 23.5. The van der Waals surface area contributed by atoms with Crippen LogP contribution in [0.3, 0.4) is 0 Å². The van der Waals surface area contributed by atoms with Crippen molar-refractivity contribution in [2.24, 2.45) is 5.92 Å². The van der Waals surface area contributed by atoms with Gasteiger partial charge < -0.3 is 10.1 Å². The summed E-state index contributed by atoms with van der Waals surface area (Å²) in [6.45, 7) is 3.49. The summed E-state index contributed by atoms with van der Waals surface area (Å²) in [6, 6.07) is 2.81. The highest BCUT2D eigenvalue weighted by atomic mass is 35.5. The zero-order valence-corrected chi connectivity index (χ0v) is 11.6.